The van der Waals surface area contributed by atoms with Gasteiger partial charge < -0.3 is 0 Å². The zero-order valence-electron chi connectivity index (χ0n) is 26.9. The Morgan fingerprint density at radius 1 is 0.458 bits per heavy atom. The van der Waals surface area contributed by atoms with Crippen molar-refractivity contribution in [1.82, 2.24) is 15.0 Å². The van der Waals surface area contributed by atoms with Crippen LogP contribution in [0.25, 0.3) is 56.4 Å². The summed E-state index contributed by atoms with van der Waals surface area (Å²) in [6.45, 7) is 0. The molecule has 232 valence electrons. The van der Waals surface area contributed by atoms with Gasteiger partial charge in [0.1, 0.15) is 0 Å². The quantitative estimate of drug-likeness (QED) is 0.186. The van der Waals surface area contributed by atoms with E-state index in [1.165, 1.54) is 49.7 Å². The lowest BCUT2D eigenvalue weighted by Crippen LogP contribution is -2.48. The van der Waals surface area contributed by atoms with Crippen LogP contribution in [0, 0.1) is 29.1 Å². The van der Waals surface area contributed by atoms with Crippen molar-refractivity contribution in [2.24, 2.45) is 17.8 Å². The Kier molecular flexibility index (Phi) is 7.01. The summed E-state index contributed by atoms with van der Waals surface area (Å²) in [5.41, 5.74) is 9.70. The third-order valence-electron chi connectivity index (χ3n) is 11.2. The van der Waals surface area contributed by atoms with Crippen molar-refractivity contribution in [3.8, 4) is 62.5 Å². The molecular weight excluding hydrogens is 585 g/mol. The van der Waals surface area contributed by atoms with Gasteiger partial charge in [-0.05, 0) is 102 Å². The summed E-state index contributed by atoms with van der Waals surface area (Å²) in [4.78, 5) is 15.3. The minimum atomic E-state index is 0.378. The predicted molar refractivity (Wildman–Crippen MR) is 192 cm³/mol. The summed E-state index contributed by atoms with van der Waals surface area (Å²) in [7, 11) is 0. The van der Waals surface area contributed by atoms with Gasteiger partial charge in [-0.1, -0.05) is 115 Å². The van der Waals surface area contributed by atoms with Gasteiger partial charge >= 0.3 is 0 Å². The number of aromatic nitrogens is 3. The maximum Gasteiger partial charge on any atom is 0.164 e. The van der Waals surface area contributed by atoms with E-state index in [2.05, 4.69) is 66.7 Å². The molecule has 4 aliphatic rings. The van der Waals surface area contributed by atoms with Crippen molar-refractivity contribution < 1.29 is 0 Å². The molecule has 0 amide bonds. The second-order valence-electron chi connectivity index (χ2n) is 14.2. The summed E-state index contributed by atoms with van der Waals surface area (Å²) in [6.07, 6.45) is 8.49. The fraction of sp³-hybridized carbons (Fsp3) is 0.227. The van der Waals surface area contributed by atoms with E-state index in [-0.39, 0.29) is 0 Å². The van der Waals surface area contributed by atoms with Crippen molar-refractivity contribution in [2.45, 2.75) is 43.9 Å². The first kappa shape index (κ1) is 28.8. The first-order valence-electron chi connectivity index (χ1n) is 17.3. The van der Waals surface area contributed by atoms with Gasteiger partial charge in [0.05, 0.1) is 11.6 Å². The second-order valence-corrected chi connectivity index (χ2v) is 14.2. The van der Waals surface area contributed by atoms with Crippen molar-refractivity contribution >= 4 is 0 Å². The highest BCUT2D eigenvalue weighted by Gasteiger charge is 2.51. The molecule has 48 heavy (non-hydrogen) atoms. The third kappa shape index (κ3) is 5.11. The van der Waals surface area contributed by atoms with Gasteiger partial charge in [-0.3, -0.25) is 0 Å². The van der Waals surface area contributed by atoms with Crippen LogP contribution in [-0.2, 0) is 5.41 Å². The molecule has 4 fully saturated rings. The highest BCUT2D eigenvalue weighted by atomic mass is 15.0. The van der Waals surface area contributed by atoms with Crippen molar-refractivity contribution in [3.63, 3.8) is 0 Å². The maximum absolute atomic E-state index is 9.36. The molecule has 4 nitrogen and oxygen atoms in total. The number of hydrogen-bond acceptors (Lipinski definition) is 4. The second kappa shape index (κ2) is 11.7. The Balaban J connectivity index is 1.14. The monoisotopic (exact) mass is 620 g/mol. The third-order valence-corrected chi connectivity index (χ3v) is 11.2. The highest BCUT2D eigenvalue weighted by Crippen LogP contribution is 2.60. The van der Waals surface area contributed by atoms with Crippen molar-refractivity contribution in [3.05, 3.63) is 139 Å². The lowest BCUT2D eigenvalue weighted by Gasteiger charge is -2.57. The topological polar surface area (TPSA) is 62.5 Å². The molecule has 0 saturated heterocycles. The van der Waals surface area contributed by atoms with E-state index in [1.807, 2.05) is 66.7 Å². The van der Waals surface area contributed by atoms with Crippen LogP contribution in [0.4, 0.5) is 0 Å². The van der Waals surface area contributed by atoms with Gasteiger partial charge in [-0.15, -0.1) is 0 Å². The van der Waals surface area contributed by atoms with Gasteiger partial charge in [-0.2, -0.15) is 5.26 Å². The Hall–Kier alpha value is -5.40. The Morgan fingerprint density at radius 3 is 1.40 bits per heavy atom. The maximum atomic E-state index is 9.36. The molecule has 1 heterocycles. The number of nitriles is 1. The molecule has 4 aliphatic carbocycles. The molecule has 4 heteroatoms. The molecule has 0 radical (unpaired) electrons. The molecule has 0 spiro atoms. The van der Waals surface area contributed by atoms with Gasteiger partial charge in [0, 0.05) is 16.7 Å². The zero-order valence-corrected chi connectivity index (χ0v) is 26.9. The van der Waals surface area contributed by atoms with Crippen LogP contribution in [0.15, 0.2) is 127 Å². The molecule has 5 aromatic carbocycles. The lowest BCUT2D eigenvalue weighted by atomic mass is 9.48. The molecule has 4 bridgehead atoms. The smallest absolute Gasteiger partial charge is 0.164 e. The van der Waals surface area contributed by atoms with Gasteiger partial charge in [0.25, 0.3) is 0 Å². The van der Waals surface area contributed by atoms with Crippen LogP contribution in [0.2, 0.25) is 0 Å². The average Bonchev–Trinajstić information content (AvgIpc) is 3.14. The number of hydrogen-bond donors (Lipinski definition) is 0. The summed E-state index contributed by atoms with van der Waals surface area (Å²) in [5, 5.41) is 9.36. The molecule has 0 N–H and O–H groups in total. The molecule has 4 saturated carbocycles. The normalized spacial score (nSPS) is 22.4. The molecule has 1 aromatic heterocycles. The molecule has 0 aliphatic heterocycles. The van der Waals surface area contributed by atoms with Crippen LogP contribution in [-0.4, -0.2) is 15.0 Å². The van der Waals surface area contributed by atoms with Gasteiger partial charge in [0.15, 0.2) is 17.5 Å². The first-order chi connectivity index (χ1) is 23.6. The van der Waals surface area contributed by atoms with Crippen LogP contribution in [0.3, 0.4) is 0 Å². The van der Waals surface area contributed by atoms with E-state index in [4.69, 9.17) is 15.0 Å². The average molecular weight is 621 g/mol. The van der Waals surface area contributed by atoms with Crippen molar-refractivity contribution in [2.75, 3.05) is 0 Å². The van der Waals surface area contributed by atoms with E-state index in [0.717, 1.165) is 51.1 Å². The first-order valence-corrected chi connectivity index (χ1v) is 17.3. The van der Waals surface area contributed by atoms with Gasteiger partial charge in [0.2, 0.25) is 0 Å². The molecule has 10 rings (SSSR count). The van der Waals surface area contributed by atoms with Crippen LogP contribution < -0.4 is 0 Å². The van der Waals surface area contributed by atoms with Crippen molar-refractivity contribution in [1.29, 1.82) is 5.26 Å². The summed E-state index contributed by atoms with van der Waals surface area (Å²) in [5.74, 6) is 4.68. The molecule has 0 unspecified atom stereocenters. The largest absolute Gasteiger partial charge is 0.208 e. The minimum Gasteiger partial charge on any atom is -0.208 e. The number of benzene rings is 5. The van der Waals surface area contributed by atoms with Crippen LogP contribution in [0.1, 0.15) is 49.7 Å². The van der Waals surface area contributed by atoms with Gasteiger partial charge in [-0.25, -0.2) is 15.0 Å². The summed E-state index contributed by atoms with van der Waals surface area (Å²) >= 11 is 0. The fourth-order valence-electron chi connectivity index (χ4n) is 9.38. The van der Waals surface area contributed by atoms with E-state index in [1.54, 1.807) is 0 Å². The molecule has 6 aromatic rings. The Bertz CT molecular complexity index is 2120. The molecular formula is C44H36N4. The predicted octanol–water partition coefficient (Wildman–Crippen LogP) is 10.5. The van der Waals surface area contributed by atoms with E-state index in [9.17, 15) is 5.26 Å². The standard InChI is InChI=1S/C44H36N4/c45-28-29-14-16-33(17-15-29)37-10-4-6-12-39(37)42-46-41(35-8-2-1-3-9-35)47-43(48-42)40-13-7-5-11-38(40)34-18-20-36(21-19-34)44-25-30-22-31(26-44)24-32(23-30)27-44/h1-21,30-32H,22-27H2/t30-,31+,32-,44?. The van der Waals surface area contributed by atoms with E-state index >= 15 is 0 Å². The minimum absolute atomic E-state index is 0.378. The van der Waals surface area contributed by atoms with E-state index < -0.39 is 0 Å². The molecule has 0 atom stereocenters. The van der Waals surface area contributed by atoms with E-state index in [0.29, 0.717) is 28.5 Å². The fourth-order valence-corrected chi connectivity index (χ4v) is 9.38. The highest BCUT2D eigenvalue weighted by molar-refractivity contribution is 5.84. The number of nitrogens with zero attached hydrogens (tertiary/aromatic N) is 4. The lowest BCUT2D eigenvalue weighted by molar-refractivity contribution is -0.00518. The number of rotatable bonds is 6. The van der Waals surface area contributed by atoms with Crippen LogP contribution in [0.5, 0.6) is 0 Å². The SMILES string of the molecule is N#Cc1ccc(-c2ccccc2-c2nc(-c3ccccc3)nc(-c3ccccc3-c3ccc(C45C[C@H]6C[C@@H](C4)C[C@@H](C5)C6)cc3)n2)cc1. The summed E-state index contributed by atoms with van der Waals surface area (Å²) in [6, 6.07) is 46.2. The zero-order chi connectivity index (χ0) is 32.1. The Labute approximate surface area is 282 Å². The Morgan fingerprint density at radius 2 is 0.896 bits per heavy atom. The summed E-state index contributed by atoms with van der Waals surface area (Å²) < 4.78 is 0. The van der Waals surface area contributed by atoms with Crippen LogP contribution >= 0.6 is 0 Å².